The lowest BCUT2D eigenvalue weighted by Crippen LogP contribution is -2.17. The number of sulfone groups is 1. The first-order valence-electron chi connectivity index (χ1n) is 9.37. The zero-order chi connectivity index (χ0) is 21.5. The third-order valence-electron chi connectivity index (χ3n) is 4.56. The molecule has 9 heteroatoms. The van der Waals surface area contributed by atoms with Crippen LogP contribution in [0, 0.1) is 0 Å². The smallest absolute Gasteiger partial charge is 0.256 e. The van der Waals surface area contributed by atoms with Crippen molar-refractivity contribution in [3.8, 4) is 11.4 Å². The fourth-order valence-electron chi connectivity index (χ4n) is 3.30. The van der Waals surface area contributed by atoms with E-state index in [2.05, 4.69) is 10.4 Å². The predicted molar refractivity (Wildman–Crippen MR) is 115 cm³/mol. The third kappa shape index (κ3) is 4.20. The van der Waals surface area contributed by atoms with Gasteiger partial charge in [0.05, 0.1) is 29.0 Å². The van der Waals surface area contributed by atoms with Gasteiger partial charge in [-0.2, -0.15) is 5.10 Å². The number of rotatable bonds is 5. The van der Waals surface area contributed by atoms with Gasteiger partial charge >= 0.3 is 0 Å². The molecular weight excluding hydrogens is 426 g/mol. The number of nitrogens with one attached hydrogen (secondary N) is 1. The third-order valence-corrected chi connectivity index (χ3v) is 6.24. The number of amides is 1. The number of hydrogen-bond donors (Lipinski definition) is 1. The van der Waals surface area contributed by atoms with E-state index in [1.165, 1.54) is 4.68 Å². The summed E-state index contributed by atoms with van der Waals surface area (Å²) in [6.07, 6.45) is 0.0289. The Bertz CT molecular complexity index is 1220. The summed E-state index contributed by atoms with van der Waals surface area (Å²) in [6.45, 7) is 3.85. The van der Waals surface area contributed by atoms with E-state index in [9.17, 15) is 13.2 Å². The summed E-state index contributed by atoms with van der Waals surface area (Å²) in [5, 5.41) is 7.78. The van der Waals surface area contributed by atoms with E-state index >= 15 is 0 Å². The molecule has 0 bridgehead atoms. The first-order chi connectivity index (χ1) is 14.2. The van der Waals surface area contributed by atoms with Crippen molar-refractivity contribution in [3.05, 3.63) is 70.4 Å². The van der Waals surface area contributed by atoms with Crippen molar-refractivity contribution in [2.24, 2.45) is 0 Å². The molecule has 0 saturated carbocycles. The summed E-state index contributed by atoms with van der Waals surface area (Å²) in [7, 11) is -3.28. The van der Waals surface area contributed by atoms with E-state index in [-0.39, 0.29) is 23.5 Å². The molecule has 0 radical (unpaired) electrons. The molecule has 0 atom stereocenters. The van der Waals surface area contributed by atoms with Gasteiger partial charge in [-0.25, -0.2) is 13.1 Å². The quantitative estimate of drug-likeness (QED) is 0.641. The minimum Gasteiger partial charge on any atom is -0.491 e. The van der Waals surface area contributed by atoms with Crippen LogP contribution in [0.25, 0.3) is 5.69 Å². The maximum Gasteiger partial charge on any atom is 0.256 e. The zero-order valence-corrected chi connectivity index (χ0v) is 18.0. The summed E-state index contributed by atoms with van der Waals surface area (Å²) >= 11 is 6.10. The summed E-state index contributed by atoms with van der Waals surface area (Å²) in [5.74, 6) is 0.305. The summed E-state index contributed by atoms with van der Waals surface area (Å²) in [4.78, 5) is 12.9. The number of carbonyl (C=O) groups is 1. The summed E-state index contributed by atoms with van der Waals surface area (Å²) in [6, 6.07) is 13.7. The van der Waals surface area contributed by atoms with Crippen LogP contribution in [-0.4, -0.2) is 30.2 Å². The molecule has 2 heterocycles. The van der Waals surface area contributed by atoms with E-state index in [4.69, 9.17) is 16.3 Å². The minimum absolute atomic E-state index is 0.0289. The maximum absolute atomic E-state index is 12.9. The first-order valence-corrected chi connectivity index (χ1v) is 11.6. The van der Waals surface area contributed by atoms with Gasteiger partial charge in [-0.3, -0.25) is 4.79 Å². The highest BCUT2D eigenvalue weighted by atomic mass is 35.5. The number of anilines is 1. The van der Waals surface area contributed by atoms with Crippen LogP contribution < -0.4 is 10.1 Å². The van der Waals surface area contributed by atoms with Gasteiger partial charge in [-0.1, -0.05) is 17.7 Å². The molecule has 0 spiro atoms. The SMILES string of the molecule is CC(C)Oc1ccc(C(=O)Nc2c3c(nn2-c2cccc(Cl)c2)CS(=O)(=O)C3)cc1. The van der Waals surface area contributed by atoms with E-state index in [1.807, 2.05) is 13.8 Å². The van der Waals surface area contributed by atoms with Crippen LogP contribution in [-0.2, 0) is 21.3 Å². The molecule has 1 N–H and O–H groups in total. The van der Waals surface area contributed by atoms with E-state index in [0.717, 1.165) is 0 Å². The van der Waals surface area contributed by atoms with Gasteiger partial charge in [0.2, 0.25) is 0 Å². The van der Waals surface area contributed by atoms with Gasteiger partial charge < -0.3 is 10.1 Å². The fraction of sp³-hybridized carbons (Fsp3) is 0.238. The van der Waals surface area contributed by atoms with Crippen LogP contribution >= 0.6 is 11.6 Å². The van der Waals surface area contributed by atoms with Crippen molar-refractivity contribution in [2.45, 2.75) is 31.5 Å². The molecule has 4 rings (SSSR count). The first kappa shape index (κ1) is 20.4. The Morgan fingerprint density at radius 1 is 1.17 bits per heavy atom. The van der Waals surface area contributed by atoms with Crippen molar-refractivity contribution in [2.75, 3.05) is 5.32 Å². The van der Waals surface area contributed by atoms with Gasteiger partial charge in [-0.15, -0.1) is 0 Å². The molecule has 3 aromatic rings. The fourth-order valence-corrected chi connectivity index (χ4v) is 4.98. The summed E-state index contributed by atoms with van der Waals surface area (Å²) in [5.41, 5.74) is 1.99. The van der Waals surface area contributed by atoms with Crippen LogP contribution in [0.1, 0.15) is 35.5 Å². The molecule has 1 aliphatic rings. The Morgan fingerprint density at radius 2 is 1.90 bits per heavy atom. The van der Waals surface area contributed by atoms with Gasteiger partial charge in [0.1, 0.15) is 11.6 Å². The van der Waals surface area contributed by atoms with Gasteiger partial charge in [0, 0.05) is 16.1 Å². The molecule has 0 aliphatic carbocycles. The molecule has 156 valence electrons. The van der Waals surface area contributed by atoms with Crippen molar-refractivity contribution in [1.82, 2.24) is 9.78 Å². The number of carbonyl (C=O) groups excluding carboxylic acids is 1. The highest BCUT2D eigenvalue weighted by Gasteiger charge is 2.33. The topological polar surface area (TPSA) is 90.3 Å². The largest absolute Gasteiger partial charge is 0.491 e. The second-order valence-corrected chi connectivity index (χ2v) is 9.84. The predicted octanol–water partition coefficient (Wildman–Crippen LogP) is 3.99. The van der Waals surface area contributed by atoms with Crippen molar-refractivity contribution in [1.29, 1.82) is 0 Å². The molecule has 1 aromatic heterocycles. The lowest BCUT2D eigenvalue weighted by molar-refractivity contribution is 0.102. The van der Waals surface area contributed by atoms with Crippen molar-refractivity contribution < 1.29 is 17.9 Å². The molecule has 1 aliphatic heterocycles. The highest BCUT2D eigenvalue weighted by Crippen LogP contribution is 2.33. The Kier molecular flexibility index (Phi) is 5.29. The molecule has 0 unspecified atom stereocenters. The molecular formula is C21H20ClN3O4S. The Balaban J connectivity index is 1.68. The van der Waals surface area contributed by atoms with Crippen LogP contribution in [0.3, 0.4) is 0 Å². The van der Waals surface area contributed by atoms with Crippen LogP contribution in [0.2, 0.25) is 5.02 Å². The molecule has 2 aromatic carbocycles. The average molecular weight is 446 g/mol. The van der Waals surface area contributed by atoms with Crippen molar-refractivity contribution >= 4 is 33.2 Å². The lowest BCUT2D eigenvalue weighted by Gasteiger charge is -2.12. The van der Waals surface area contributed by atoms with Crippen LogP contribution in [0.15, 0.2) is 48.5 Å². The minimum atomic E-state index is -3.28. The number of fused-ring (bicyclic) bond motifs is 1. The van der Waals surface area contributed by atoms with E-state index in [1.54, 1.807) is 48.5 Å². The van der Waals surface area contributed by atoms with E-state index in [0.29, 0.717) is 39.1 Å². The number of aromatic nitrogens is 2. The van der Waals surface area contributed by atoms with Crippen molar-refractivity contribution in [3.63, 3.8) is 0 Å². The molecule has 0 saturated heterocycles. The van der Waals surface area contributed by atoms with Gasteiger partial charge in [0.15, 0.2) is 9.84 Å². The standard InChI is InChI=1S/C21H20ClN3O4S/c1-13(2)29-17-8-6-14(7-9-17)21(26)23-20-18-11-30(27,28)12-19(18)24-25(20)16-5-3-4-15(22)10-16/h3-10,13H,11-12H2,1-2H3,(H,23,26). The monoisotopic (exact) mass is 445 g/mol. The Morgan fingerprint density at radius 3 is 2.57 bits per heavy atom. The van der Waals surface area contributed by atoms with Crippen LogP contribution in [0.4, 0.5) is 5.82 Å². The highest BCUT2D eigenvalue weighted by molar-refractivity contribution is 7.90. The van der Waals surface area contributed by atoms with E-state index < -0.39 is 9.84 Å². The second kappa shape index (κ2) is 7.77. The number of benzene rings is 2. The number of hydrogen-bond acceptors (Lipinski definition) is 5. The molecule has 1 amide bonds. The Hall–Kier alpha value is -2.84. The number of ether oxygens (including phenoxy) is 1. The zero-order valence-electron chi connectivity index (χ0n) is 16.4. The average Bonchev–Trinajstić information content (AvgIpc) is 3.14. The molecule has 0 fully saturated rings. The second-order valence-electron chi connectivity index (χ2n) is 7.34. The lowest BCUT2D eigenvalue weighted by atomic mass is 10.2. The number of nitrogens with zero attached hydrogens (tertiary/aromatic N) is 2. The van der Waals surface area contributed by atoms with Crippen LogP contribution in [0.5, 0.6) is 5.75 Å². The summed E-state index contributed by atoms with van der Waals surface area (Å²) < 4.78 is 31.3. The van der Waals surface area contributed by atoms with Gasteiger partial charge in [0.25, 0.3) is 5.91 Å². The maximum atomic E-state index is 12.9. The molecule has 7 nitrogen and oxygen atoms in total. The van der Waals surface area contributed by atoms with Gasteiger partial charge in [-0.05, 0) is 56.3 Å². The number of halogens is 1. The Labute approximate surface area is 179 Å². The normalized spacial score (nSPS) is 14.5. The molecule has 30 heavy (non-hydrogen) atoms.